The van der Waals surface area contributed by atoms with Crippen LogP contribution >= 0.6 is 0 Å². The lowest BCUT2D eigenvalue weighted by Crippen LogP contribution is -2.39. The van der Waals surface area contributed by atoms with Crippen molar-refractivity contribution in [2.75, 3.05) is 5.73 Å². The summed E-state index contributed by atoms with van der Waals surface area (Å²) in [5, 5.41) is 2.34. The van der Waals surface area contributed by atoms with E-state index in [1.54, 1.807) is 23.0 Å². The van der Waals surface area contributed by atoms with Gasteiger partial charge in [-0.3, -0.25) is 14.9 Å². The van der Waals surface area contributed by atoms with Gasteiger partial charge < -0.3 is 10.1 Å². The first kappa shape index (κ1) is 10.8. The van der Waals surface area contributed by atoms with E-state index >= 15 is 0 Å². The maximum absolute atomic E-state index is 11.8. The van der Waals surface area contributed by atoms with Crippen molar-refractivity contribution in [3.8, 4) is 0 Å². The molecule has 3 rings (SSSR count). The third-order valence-corrected chi connectivity index (χ3v) is 3.15. The first-order chi connectivity index (χ1) is 8.65. The summed E-state index contributed by atoms with van der Waals surface area (Å²) in [5.74, 6) is -0.857. The molecule has 0 spiro atoms. The summed E-state index contributed by atoms with van der Waals surface area (Å²) in [4.78, 5) is 27.2. The molecular formula is C12H12N4O2. The molecule has 0 saturated carbocycles. The second-order valence-electron chi connectivity index (χ2n) is 4.39. The van der Waals surface area contributed by atoms with E-state index in [0.717, 1.165) is 5.52 Å². The number of imidazole rings is 1. The zero-order valence-electron chi connectivity index (χ0n) is 9.59. The Morgan fingerprint density at radius 3 is 3.00 bits per heavy atom. The molecule has 3 N–H and O–H groups in total. The summed E-state index contributed by atoms with van der Waals surface area (Å²) >= 11 is 0. The van der Waals surface area contributed by atoms with E-state index in [-0.39, 0.29) is 17.7 Å². The molecule has 1 unspecified atom stereocenters. The van der Waals surface area contributed by atoms with Crippen molar-refractivity contribution in [3.63, 3.8) is 0 Å². The van der Waals surface area contributed by atoms with Crippen LogP contribution in [0.4, 0.5) is 5.69 Å². The molecule has 0 aliphatic carbocycles. The van der Waals surface area contributed by atoms with E-state index in [1.165, 1.54) is 0 Å². The molecule has 1 saturated heterocycles. The van der Waals surface area contributed by atoms with Crippen LogP contribution in [0.2, 0.25) is 0 Å². The van der Waals surface area contributed by atoms with Gasteiger partial charge in [0.1, 0.15) is 0 Å². The minimum atomic E-state index is -0.365. The normalized spacial score (nSPS) is 20.1. The number of aromatic nitrogens is 2. The van der Waals surface area contributed by atoms with Crippen LogP contribution in [0.3, 0.4) is 0 Å². The van der Waals surface area contributed by atoms with Crippen LogP contribution in [0.1, 0.15) is 24.5 Å². The lowest BCUT2D eigenvalue weighted by Gasteiger charge is -2.19. The quantitative estimate of drug-likeness (QED) is 0.712. The standard InChI is InChI=1S/C12H12N4O2/c13-7-1-3-9-11(14-6-16(9)5-7)8-2-4-10(17)15-12(8)18/h1,3,5-6,8H,2,4,13H2,(H,15,17,18). The molecular weight excluding hydrogens is 232 g/mol. The number of carbonyl (C=O) groups is 2. The number of amides is 2. The highest BCUT2D eigenvalue weighted by atomic mass is 16.2. The summed E-state index contributed by atoms with van der Waals surface area (Å²) in [5.41, 5.74) is 7.86. The third-order valence-electron chi connectivity index (χ3n) is 3.15. The van der Waals surface area contributed by atoms with Gasteiger partial charge in [-0.1, -0.05) is 0 Å². The number of nitrogens with two attached hydrogens (primary N) is 1. The highest BCUT2D eigenvalue weighted by molar-refractivity contribution is 6.01. The van der Waals surface area contributed by atoms with E-state index in [9.17, 15) is 9.59 Å². The van der Waals surface area contributed by atoms with Crippen molar-refractivity contribution in [1.82, 2.24) is 14.7 Å². The first-order valence-electron chi connectivity index (χ1n) is 5.71. The molecule has 1 aliphatic rings. The van der Waals surface area contributed by atoms with E-state index in [4.69, 9.17) is 5.73 Å². The summed E-state index contributed by atoms with van der Waals surface area (Å²) in [6, 6.07) is 3.60. The molecule has 0 aromatic carbocycles. The molecule has 2 amide bonds. The van der Waals surface area contributed by atoms with Crippen molar-refractivity contribution in [2.45, 2.75) is 18.8 Å². The maximum Gasteiger partial charge on any atom is 0.235 e. The Hall–Kier alpha value is -2.37. The van der Waals surface area contributed by atoms with Gasteiger partial charge in [0.05, 0.1) is 23.5 Å². The van der Waals surface area contributed by atoms with Crippen molar-refractivity contribution in [1.29, 1.82) is 0 Å². The SMILES string of the molecule is Nc1ccc2c(C3CCC(=O)NC3=O)ncn2c1. The molecule has 92 valence electrons. The minimum Gasteiger partial charge on any atom is -0.398 e. The lowest BCUT2D eigenvalue weighted by molar-refractivity contribution is -0.134. The number of nitrogens with zero attached hydrogens (tertiary/aromatic N) is 2. The Labute approximate surface area is 103 Å². The number of nitrogens with one attached hydrogen (secondary N) is 1. The zero-order valence-corrected chi connectivity index (χ0v) is 9.59. The molecule has 1 atom stereocenters. The number of piperidine rings is 1. The summed E-state index contributed by atoms with van der Waals surface area (Å²) in [6.45, 7) is 0. The molecule has 3 heterocycles. The van der Waals surface area contributed by atoms with Crippen LogP contribution in [0, 0.1) is 0 Å². The Morgan fingerprint density at radius 1 is 1.39 bits per heavy atom. The van der Waals surface area contributed by atoms with Crippen molar-refractivity contribution >= 4 is 23.0 Å². The summed E-state index contributed by atoms with van der Waals surface area (Å²) < 4.78 is 1.79. The van der Waals surface area contributed by atoms with Crippen LogP contribution in [0.5, 0.6) is 0 Å². The highest BCUT2D eigenvalue weighted by Crippen LogP contribution is 2.27. The number of fused-ring (bicyclic) bond motifs is 1. The Bertz CT molecular complexity index is 647. The minimum absolute atomic E-state index is 0.219. The second-order valence-corrected chi connectivity index (χ2v) is 4.39. The van der Waals surface area contributed by atoms with Gasteiger partial charge >= 0.3 is 0 Å². The molecule has 6 heteroatoms. The van der Waals surface area contributed by atoms with Crippen molar-refractivity contribution in [3.05, 3.63) is 30.4 Å². The van der Waals surface area contributed by atoms with Gasteiger partial charge in [0.25, 0.3) is 0 Å². The van der Waals surface area contributed by atoms with Crippen molar-refractivity contribution < 1.29 is 9.59 Å². The fraction of sp³-hybridized carbons (Fsp3) is 0.250. The van der Waals surface area contributed by atoms with E-state index in [1.807, 2.05) is 6.07 Å². The number of nitrogen functional groups attached to an aromatic ring is 1. The number of hydrogen-bond donors (Lipinski definition) is 2. The van der Waals surface area contributed by atoms with Gasteiger partial charge in [0, 0.05) is 18.3 Å². The van der Waals surface area contributed by atoms with Crippen LogP contribution in [0.25, 0.3) is 5.52 Å². The Morgan fingerprint density at radius 2 is 2.22 bits per heavy atom. The van der Waals surface area contributed by atoms with Gasteiger partial charge in [-0.05, 0) is 18.6 Å². The van der Waals surface area contributed by atoms with E-state index in [2.05, 4.69) is 10.3 Å². The smallest absolute Gasteiger partial charge is 0.235 e. The van der Waals surface area contributed by atoms with Gasteiger partial charge in [-0.25, -0.2) is 4.98 Å². The first-order valence-corrected chi connectivity index (χ1v) is 5.71. The zero-order chi connectivity index (χ0) is 12.7. The number of anilines is 1. The molecule has 6 nitrogen and oxygen atoms in total. The maximum atomic E-state index is 11.8. The predicted molar refractivity (Wildman–Crippen MR) is 64.7 cm³/mol. The topological polar surface area (TPSA) is 89.5 Å². The second kappa shape index (κ2) is 3.83. The fourth-order valence-corrected chi connectivity index (χ4v) is 2.26. The average molecular weight is 244 g/mol. The monoisotopic (exact) mass is 244 g/mol. The molecule has 1 aliphatic heterocycles. The number of pyridine rings is 1. The molecule has 1 fully saturated rings. The Kier molecular flexibility index (Phi) is 2.29. The number of hydrogen-bond acceptors (Lipinski definition) is 4. The fourth-order valence-electron chi connectivity index (χ4n) is 2.26. The van der Waals surface area contributed by atoms with Gasteiger partial charge in [-0.2, -0.15) is 0 Å². The van der Waals surface area contributed by atoms with Crippen LogP contribution in [-0.4, -0.2) is 21.2 Å². The van der Waals surface area contributed by atoms with Crippen LogP contribution in [-0.2, 0) is 9.59 Å². The molecule has 2 aromatic heterocycles. The molecule has 18 heavy (non-hydrogen) atoms. The molecule has 2 aromatic rings. The average Bonchev–Trinajstić information content (AvgIpc) is 2.72. The number of carbonyl (C=O) groups excluding carboxylic acids is 2. The van der Waals surface area contributed by atoms with Crippen LogP contribution < -0.4 is 11.1 Å². The van der Waals surface area contributed by atoms with Gasteiger partial charge in [-0.15, -0.1) is 0 Å². The predicted octanol–water partition coefficient (Wildman–Crippen LogP) is 0.437. The molecule has 0 radical (unpaired) electrons. The number of imide groups is 1. The molecule has 0 bridgehead atoms. The third kappa shape index (κ3) is 1.62. The van der Waals surface area contributed by atoms with E-state index in [0.29, 0.717) is 24.2 Å². The van der Waals surface area contributed by atoms with Gasteiger partial charge in [0.15, 0.2) is 0 Å². The van der Waals surface area contributed by atoms with Gasteiger partial charge in [0.2, 0.25) is 11.8 Å². The summed E-state index contributed by atoms with van der Waals surface area (Å²) in [6.07, 6.45) is 4.23. The van der Waals surface area contributed by atoms with Crippen LogP contribution in [0.15, 0.2) is 24.7 Å². The largest absolute Gasteiger partial charge is 0.398 e. The van der Waals surface area contributed by atoms with Crippen molar-refractivity contribution in [2.24, 2.45) is 0 Å². The Balaban J connectivity index is 2.04. The van der Waals surface area contributed by atoms with E-state index < -0.39 is 0 Å². The highest BCUT2D eigenvalue weighted by Gasteiger charge is 2.30. The summed E-state index contributed by atoms with van der Waals surface area (Å²) in [7, 11) is 0. The number of rotatable bonds is 1. The lowest BCUT2D eigenvalue weighted by atomic mass is 9.94.